The first kappa shape index (κ1) is 30.0. The van der Waals surface area contributed by atoms with E-state index in [1.54, 1.807) is 33.9 Å². The van der Waals surface area contributed by atoms with Gasteiger partial charge < -0.3 is 23.7 Å². The molecule has 2 aromatic heterocycles. The molecule has 0 saturated carbocycles. The van der Waals surface area contributed by atoms with Gasteiger partial charge >= 0.3 is 17.9 Å². The van der Waals surface area contributed by atoms with Crippen molar-refractivity contribution in [1.82, 2.24) is 24.0 Å². The number of unbranched alkanes of at least 4 members (excludes halogenated alkanes) is 2. The van der Waals surface area contributed by atoms with Gasteiger partial charge in [0.25, 0.3) is 0 Å². The standard InChI is InChI=1S/C26H41N5O6/c1-25(2,3)36-23(34)18-30-14-11-27-20(30)16-29(13-9-7-8-10-22(32)33)17-21-28-12-15-31(21)19-24(35)37-26(4,5)6/h11-12,14-15H,7-10,13,16-19H2,1-6H3,(H,32,33). The first-order valence-corrected chi connectivity index (χ1v) is 12.6. The highest BCUT2D eigenvalue weighted by Crippen LogP contribution is 2.14. The molecular weight excluding hydrogens is 478 g/mol. The van der Waals surface area contributed by atoms with Crippen LogP contribution in [0.1, 0.15) is 78.9 Å². The molecule has 1 N–H and O–H groups in total. The van der Waals surface area contributed by atoms with Gasteiger partial charge in [0.15, 0.2) is 0 Å². The third kappa shape index (κ3) is 12.1. The van der Waals surface area contributed by atoms with E-state index in [2.05, 4.69) is 14.9 Å². The molecule has 0 amide bonds. The maximum absolute atomic E-state index is 12.4. The van der Waals surface area contributed by atoms with Gasteiger partial charge in [0.1, 0.15) is 35.9 Å². The van der Waals surface area contributed by atoms with Crippen molar-refractivity contribution in [3.05, 3.63) is 36.4 Å². The van der Waals surface area contributed by atoms with Crippen LogP contribution < -0.4 is 0 Å². The Hall–Kier alpha value is -3.21. The summed E-state index contributed by atoms with van der Waals surface area (Å²) < 4.78 is 14.4. The van der Waals surface area contributed by atoms with Gasteiger partial charge in [0, 0.05) is 31.2 Å². The van der Waals surface area contributed by atoms with Crippen LogP contribution in [-0.4, -0.2) is 64.8 Å². The van der Waals surface area contributed by atoms with Crippen molar-refractivity contribution < 1.29 is 29.0 Å². The molecule has 0 radical (unpaired) electrons. The zero-order valence-corrected chi connectivity index (χ0v) is 22.9. The zero-order valence-electron chi connectivity index (χ0n) is 22.9. The van der Waals surface area contributed by atoms with Gasteiger partial charge in [0.2, 0.25) is 0 Å². The van der Waals surface area contributed by atoms with Crippen LogP contribution in [0.3, 0.4) is 0 Å². The fraction of sp³-hybridized carbons (Fsp3) is 0.654. The highest BCUT2D eigenvalue weighted by molar-refractivity contribution is 5.70. The minimum Gasteiger partial charge on any atom is -0.481 e. The summed E-state index contributed by atoms with van der Waals surface area (Å²) in [4.78, 5) is 46.6. The Kier molecular flexibility index (Phi) is 10.8. The van der Waals surface area contributed by atoms with Crippen LogP contribution in [0.2, 0.25) is 0 Å². The number of imidazole rings is 2. The quantitative estimate of drug-likeness (QED) is 0.295. The van der Waals surface area contributed by atoms with Crippen LogP contribution >= 0.6 is 0 Å². The van der Waals surface area contributed by atoms with Crippen LogP contribution in [0.4, 0.5) is 0 Å². The Morgan fingerprint density at radius 3 is 1.68 bits per heavy atom. The molecule has 0 saturated heterocycles. The Labute approximate surface area is 218 Å². The number of hydrogen-bond acceptors (Lipinski definition) is 8. The summed E-state index contributed by atoms with van der Waals surface area (Å²) in [5, 5.41) is 8.90. The van der Waals surface area contributed by atoms with E-state index in [0.717, 1.165) is 12.8 Å². The number of esters is 2. The summed E-state index contributed by atoms with van der Waals surface area (Å²) >= 11 is 0. The highest BCUT2D eigenvalue weighted by Gasteiger charge is 2.21. The van der Waals surface area contributed by atoms with E-state index in [-0.39, 0.29) is 31.4 Å². The number of ether oxygens (including phenoxy) is 2. The second-order valence-corrected chi connectivity index (χ2v) is 11.0. The van der Waals surface area contributed by atoms with Gasteiger partial charge in [-0.1, -0.05) is 6.42 Å². The van der Waals surface area contributed by atoms with Crippen molar-refractivity contribution in [2.24, 2.45) is 0 Å². The molecule has 206 valence electrons. The summed E-state index contributed by atoms with van der Waals surface area (Å²) in [7, 11) is 0. The first-order valence-electron chi connectivity index (χ1n) is 12.6. The van der Waals surface area contributed by atoms with Crippen LogP contribution in [0.5, 0.6) is 0 Å². The molecule has 0 fully saturated rings. The molecule has 11 heteroatoms. The monoisotopic (exact) mass is 519 g/mol. The summed E-state index contributed by atoms with van der Waals surface area (Å²) in [6, 6.07) is 0. The first-order chi connectivity index (χ1) is 17.2. The lowest BCUT2D eigenvalue weighted by Crippen LogP contribution is -2.30. The molecule has 11 nitrogen and oxygen atoms in total. The van der Waals surface area contributed by atoms with E-state index in [4.69, 9.17) is 14.6 Å². The topological polar surface area (TPSA) is 129 Å². The van der Waals surface area contributed by atoms with Gasteiger partial charge in [-0.25, -0.2) is 9.97 Å². The lowest BCUT2D eigenvalue weighted by atomic mass is 10.2. The molecular formula is C26H41N5O6. The van der Waals surface area contributed by atoms with Gasteiger partial charge in [-0.2, -0.15) is 0 Å². The molecule has 2 aromatic rings. The third-order valence-corrected chi connectivity index (χ3v) is 5.14. The minimum absolute atomic E-state index is 0.0479. The maximum atomic E-state index is 12.4. The number of carbonyl (C=O) groups is 3. The zero-order chi connectivity index (χ0) is 27.6. The number of carboxylic acids is 1. The number of aliphatic carboxylic acids is 1. The van der Waals surface area contributed by atoms with Crippen molar-refractivity contribution in [3.63, 3.8) is 0 Å². The molecule has 0 spiro atoms. The Balaban J connectivity index is 2.12. The lowest BCUT2D eigenvalue weighted by Gasteiger charge is -2.24. The summed E-state index contributed by atoms with van der Waals surface area (Å²) in [6.07, 6.45) is 9.07. The molecule has 0 aliphatic rings. The van der Waals surface area contributed by atoms with Crippen LogP contribution in [0.15, 0.2) is 24.8 Å². The molecule has 2 heterocycles. The number of nitrogens with zero attached hydrogens (tertiary/aromatic N) is 5. The number of carbonyl (C=O) groups excluding carboxylic acids is 2. The Morgan fingerprint density at radius 1 is 0.811 bits per heavy atom. The molecule has 37 heavy (non-hydrogen) atoms. The second kappa shape index (κ2) is 13.4. The molecule has 0 aliphatic carbocycles. The Morgan fingerprint density at radius 2 is 1.27 bits per heavy atom. The molecule has 2 rings (SSSR count). The van der Waals surface area contributed by atoms with Crippen molar-refractivity contribution in [2.75, 3.05) is 6.54 Å². The molecule has 0 bridgehead atoms. The Bertz CT molecular complexity index is 961. The minimum atomic E-state index is -0.801. The predicted molar refractivity (Wildman–Crippen MR) is 136 cm³/mol. The van der Waals surface area contributed by atoms with Gasteiger partial charge in [-0.15, -0.1) is 0 Å². The van der Waals surface area contributed by atoms with E-state index in [1.807, 2.05) is 41.5 Å². The number of aromatic nitrogens is 4. The van der Waals surface area contributed by atoms with Gasteiger partial charge in [-0.3, -0.25) is 19.3 Å². The fourth-order valence-corrected chi connectivity index (χ4v) is 3.70. The number of hydrogen-bond donors (Lipinski definition) is 1. The van der Waals surface area contributed by atoms with Crippen LogP contribution in [0, 0.1) is 0 Å². The van der Waals surface area contributed by atoms with Crippen molar-refractivity contribution in [1.29, 1.82) is 0 Å². The van der Waals surface area contributed by atoms with Crippen LogP contribution in [-0.2, 0) is 50.0 Å². The average molecular weight is 520 g/mol. The van der Waals surface area contributed by atoms with E-state index in [9.17, 15) is 14.4 Å². The van der Waals surface area contributed by atoms with E-state index >= 15 is 0 Å². The van der Waals surface area contributed by atoms with Crippen molar-refractivity contribution in [3.8, 4) is 0 Å². The molecule has 0 aliphatic heterocycles. The van der Waals surface area contributed by atoms with Gasteiger partial charge in [0.05, 0.1) is 13.1 Å². The third-order valence-electron chi connectivity index (χ3n) is 5.14. The highest BCUT2D eigenvalue weighted by atomic mass is 16.6. The van der Waals surface area contributed by atoms with E-state index in [1.165, 1.54) is 0 Å². The van der Waals surface area contributed by atoms with Crippen molar-refractivity contribution >= 4 is 17.9 Å². The fourth-order valence-electron chi connectivity index (χ4n) is 3.70. The summed E-state index contributed by atoms with van der Waals surface area (Å²) in [5.41, 5.74) is -1.16. The summed E-state index contributed by atoms with van der Waals surface area (Å²) in [5.74, 6) is -0.103. The SMILES string of the molecule is CC(C)(C)OC(=O)Cn1ccnc1CN(CCCCCC(=O)O)Cc1nccn1CC(=O)OC(C)(C)C. The molecule has 0 unspecified atom stereocenters. The largest absolute Gasteiger partial charge is 0.481 e. The van der Waals surface area contributed by atoms with Crippen LogP contribution in [0.25, 0.3) is 0 Å². The average Bonchev–Trinajstić information content (AvgIpc) is 3.34. The van der Waals surface area contributed by atoms with Gasteiger partial charge in [-0.05, 0) is 60.9 Å². The normalized spacial score (nSPS) is 12.1. The van der Waals surface area contributed by atoms with E-state index < -0.39 is 17.2 Å². The molecule has 0 aromatic carbocycles. The molecule has 0 atom stereocenters. The van der Waals surface area contributed by atoms with E-state index in [0.29, 0.717) is 37.7 Å². The predicted octanol–water partition coefficient (Wildman–Crippen LogP) is 3.41. The number of carboxylic acid groups (broad SMARTS) is 1. The summed E-state index contributed by atoms with van der Waals surface area (Å²) in [6.45, 7) is 12.6. The van der Waals surface area contributed by atoms with Crippen molar-refractivity contribution in [2.45, 2.75) is 105 Å². The maximum Gasteiger partial charge on any atom is 0.326 e. The lowest BCUT2D eigenvalue weighted by molar-refractivity contribution is -0.156. The smallest absolute Gasteiger partial charge is 0.326 e. The number of rotatable bonds is 14. The second-order valence-electron chi connectivity index (χ2n) is 11.0.